The molecule has 0 amide bonds. The van der Waals surface area contributed by atoms with Gasteiger partial charge in [0.15, 0.2) is 0 Å². The maximum atomic E-state index is 10.4. The topological polar surface area (TPSA) is 26.3 Å². The minimum Gasteiger partial charge on any atom is -0.428 e. The summed E-state index contributed by atoms with van der Waals surface area (Å²) in [7, 11) is 0. The molecule has 0 aromatic carbocycles. The number of hydrogen-bond donors (Lipinski definition) is 0. The number of hydrogen-bond acceptors (Lipinski definition) is 2. The first-order valence-electron chi connectivity index (χ1n) is 2.86. The van der Waals surface area contributed by atoms with Crippen LogP contribution in [0.5, 0.6) is 0 Å². The molecule has 0 aliphatic heterocycles. The molecule has 0 fully saturated rings. The van der Waals surface area contributed by atoms with E-state index in [2.05, 4.69) is 6.58 Å². The lowest BCUT2D eigenvalue weighted by Gasteiger charge is -2.11. The molecule has 0 heterocycles. The lowest BCUT2D eigenvalue weighted by molar-refractivity contribution is -0.134. The van der Waals surface area contributed by atoms with Crippen LogP contribution < -0.4 is 0 Å². The molecule has 0 N–H and O–H groups in total. The third-order valence-electron chi connectivity index (χ3n) is 1.16. The first-order chi connectivity index (χ1) is 4.33. The monoisotopic (exact) mass is 124 g/mol. The van der Waals surface area contributed by atoms with Gasteiger partial charge in [0.2, 0.25) is 0 Å². The first-order valence-corrected chi connectivity index (χ1v) is 2.86. The molecule has 0 radical (unpaired) electrons. The highest BCUT2D eigenvalue weighted by molar-refractivity contribution is 5.82. The molecule has 0 aromatic rings. The minimum absolute atomic E-state index is 0.360. The number of carbonyl (C=O) groups excluding carboxylic acids is 1. The summed E-state index contributed by atoms with van der Waals surface area (Å²) < 4.78 is 4.74. The van der Waals surface area contributed by atoms with Gasteiger partial charge >= 0.3 is 5.97 Å². The van der Waals surface area contributed by atoms with Gasteiger partial charge in [0.05, 0.1) is 0 Å². The lowest BCUT2D eigenvalue weighted by atomic mass is 10.1. The molecule has 0 spiro atoms. The van der Waals surface area contributed by atoms with Crippen molar-refractivity contribution in [3.8, 4) is 0 Å². The Labute approximate surface area is 53.8 Å². The molecule has 0 saturated carbocycles. The highest BCUT2D eigenvalue weighted by Gasteiger charge is 2.08. The Morgan fingerprint density at radius 1 is 1.89 bits per heavy atom. The van der Waals surface area contributed by atoms with E-state index in [9.17, 15) is 4.79 Å². The maximum Gasteiger partial charge on any atom is 0.335 e. The smallest absolute Gasteiger partial charge is 0.335 e. The highest BCUT2D eigenvalue weighted by Crippen LogP contribution is 2.18. The Morgan fingerprint density at radius 2 is 2.56 bits per heavy atom. The van der Waals surface area contributed by atoms with Gasteiger partial charge in [-0.25, -0.2) is 4.79 Å². The number of allylic oxidation sites excluding steroid dienone is 2. The summed E-state index contributed by atoms with van der Waals surface area (Å²) in [5.41, 5.74) is 0. The molecule has 48 valence electrons. The molecular formula is C7H8O2. The summed E-state index contributed by atoms with van der Waals surface area (Å²) in [6.07, 6.45) is 4.97. The average molecular weight is 124 g/mol. The van der Waals surface area contributed by atoms with Crippen LogP contribution in [-0.2, 0) is 9.53 Å². The summed E-state index contributed by atoms with van der Waals surface area (Å²) in [5, 5.41) is 0. The van der Waals surface area contributed by atoms with E-state index >= 15 is 0 Å². The zero-order chi connectivity index (χ0) is 6.69. The Morgan fingerprint density at radius 3 is 2.89 bits per heavy atom. The van der Waals surface area contributed by atoms with Gasteiger partial charge in [-0.2, -0.15) is 0 Å². The number of ether oxygens (including phenoxy) is 1. The van der Waals surface area contributed by atoms with Crippen LogP contribution in [0.25, 0.3) is 0 Å². The SMILES string of the molecule is C=CC(=O)OC1=CCC1. The van der Waals surface area contributed by atoms with Gasteiger partial charge in [0, 0.05) is 12.5 Å². The number of carbonyl (C=O) groups is 1. The van der Waals surface area contributed by atoms with Gasteiger partial charge in [-0.15, -0.1) is 0 Å². The molecule has 9 heavy (non-hydrogen) atoms. The van der Waals surface area contributed by atoms with E-state index in [0.29, 0.717) is 0 Å². The number of esters is 1. The van der Waals surface area contributed by atoms with Crippen molar-refractivity contribution in [1.29, 1.82) is 0 Å². The van der Waals surface area contributed by atoms with Gasteiger partial charge < -0.3 is 4.74 Å². The van der Waals surface area contributed by atoms with Crippen LogP contribution >= 0.6 is 0 Å². The quantitative estimate of drug-likeness (QED) is 0.410. The van der Waals surface area contributed by atoms with Crippen molar-refractivity contribution in [2.75, 3.05) is 0 Å². The molecule has 0 aromatic heterocycles. The fraction of sp³-hybridized carbons (Fsp3) is 0.286. The molecular weight excluding hydrogens is 116 g/mol. The minimum atomic E-state index is -0.360. The molecule has 2 heteroatoms. The second-order valence-electron chi connectivity index (χ2n) is 1.83. The standard InChI is InChI=1S/C7H8O2/c1-2-7(8)9-6-4-3-5-6/h2,4H,1,3,5H2. The second kappa shape index (κ2) is 2.49. The van der Waals surface area contributed by atoms with E-state index in [0.717, 1.165) is 18.6 Å². The van der Waals surface area contributed by atoms with Crippen molar-refractivity contribution >= 4 is 5.97 Å². The predicted octanol–water partition coefficient (Wildman–Crippen LogP) is 1.39. The van der Waals surface area contributed by atoms with Gasteiger partial charge in [-0.05, 0) is 12.5 Å². The third-order valence-corrected chi connectivity index (χ3v) is 1.16. The van der Waals surface area contributed by atoms with Crippen LogP contribution in [0.1, 0.15) is 12.8 Å². The fourth-order valence-electron chi connectivity index (χ4n) is 0.526. The van der Waals surface area contributed by atoms with Crippen molar-refractivity contribution in [2.24, 2.45) is 0 Å². The Bertz CT molecular complexity index is 168. The largest absolute Gasteiger partial charge is 0.428 e. The number of rotatable bonds is 2. The van der Waals surface area contributed by atoms with Crippen LogP contribution in [0, 0.1) is 0 Å². The zero-order valence-corrected chi connectivity index (χ0v) is 5.09. The molecule has 1 aliphatic carbocycles. The van der Waals surface area contributed by atoms with Gasteiger partial charge in [0.1, 0.15) is 5.76 Å². The van der Waals surface area contributed by atoms with Gasteiger partial charge in [0.25, 0.3) is 0 Å². The van der Waals surface area contributed by atoms with E-state index in [-0.39, 0.29) is 5.97 Å². The van der Waals surface area contributed by atoms with Crippen molar-refractivity contribution in [3.05, 3.63) is 24.5 Å². The summed E-state index contributed by atoms with van der Waals surface area (Å²) in [5.74, 6) is 0.417. The molecule has 1 rings (SSSR count). The lowest BCUT2D eigenvalue weighted by Crippen LogP contribution is -2.04. The van der Waals surface area contributed by atoms with E-state index in [1.54, 1.807) is 0 Å². The molecule has 0 atom stereocenters. The van der Waals surface area contributed by atoms with E-state index in [1.807, 2.05) is 6.08 Å². The summed E-state index contributed by atoms with van der Waals surface area (Å²) in [6, 6.07) is 0. The predicted molar refractivity (Wildman–Crippen MR) is 33.6 cm³/mol. The van der Waals surface area contributed by atoms with Crippen LogP contribution in [0.3, 0.4) is 0 Å². The Balaban J connectivity index is 2.32. The zero-order valence-electron chi connectivity index (χ0n) is 5.09. The van der Waals surface area contributed by atoms with Gasteiger partial charge in [-0.1, -0.05) is 6.58 Å². The van der Waals surface area contributed by atoms with Crippen LogP contribution in [0.4, 0.5) is 0 Å². The molecule has 0 bridgehead atoms. The van der Waals surface area contributed by atoms with Crippen molar-refractivity contribution < 1.29 is 9.53 Å². The van der Waals surface area contributed by atoms with Crippen molar-refractivity contribution in [3.63, 3.8) is 0 Å². The normalized spacial score (nSPS) is 15.3. The van der Waals surface area contributed by atoms with E-state index in [1.165, 1.54) is 6.08 Å². The van der Waals surface area contributed by atoms with E-state index in [4.69, 9.17) is 4.74 Å². The summed E-state index contributed by atoms with van der Waals surface area (Å²) >= 11 is 0. The third kappa shape index (κ3) is 1.42. The van der Waals surface area contributed by atoms with Gasteiger partial charge in [-0.3, -0.25) is 0 Å². The molecule has 2 nitrogen and oxygen atoms in total. The van der Waals surface area contributed by atoms with Crippen molar-refractivity contribution in [1.82, 2.24) is 0 Å². The maximum absolute atomic E-state index is 10.4. The van der Waals surface area contributed by atoms with Crippen LogP contribution in [0.15, 0.2) is 24.5 Å². The van der Waals surface area contributed by atoms with Crippen LogP contribution in [-0.4, -0.2) is 5.97 Å². The summed E-state index contributed by atoms with van der Waals surface area (Å²) in [4.78, 5) is 10.4. The van der Waals surface area contributed by atoms with E-state index < -0.39 is 0 Å². The average Bonchev–Trinajstić information content (AvgIpc) is 1.78. The molecule has 1 aliphatic rings. The highest BCUT2D eigenvalue weighted by atomic mass is 16.5. The fourth-order valence-corrected chi connectivity index (χ4v) is 0.526. The Hall–Kier alpha value is -1.05. The molecule has 0 saturated heterocycles. The first kappa shape index (κ1) is 6.08. The molecule has 0 unspecified atom stereocenters. The summed E-state index contributed by atoms with van der Waals surface area (Å²) in [6.45, 7) is 3.27. The van der Waals surface area contributed by atoms with Crippen molar-refractivity contribution in [2.45, 2.75) is 12.8 Å². The van der Waals surface area contributed by atoms with Crippen LogP contribution in [0.2, 0.25) is 0 Å². The second-order valence-corrected chi connectivity index (χ2v) is 1.83. The Kier molecular flexibility index (Phi) is 1.68.